The van der Waals surface area contributed by atoms with Crippen LogP contribution in [-0.4, -0.2) is 41.5 Å². The highest BCUT2D eigenvalue weighted by atomic mass is 16.6. The molecule has 0 aliphatic heterocycles. The first-order valence-corrected chi connectivity index (χ1v) is 6.75. The van der Waals surface area contributed by atoms with Gasteiger partial charge in [0.05, 0.1) is 24.7 Å². The van der Waals surface area contributed by atoms with Crippen LogP contribution in [0.25, 0.3) is 0 Å². The molecule has 0 aromatic carbocycles. The zero-order chi connectivity index (χ0) is 15.3. The van der Waals surface area contributed by atoms with Crippen molar-refractivity contribution in [1.82, 2.24) is 5.32 Å². The molecule has 1 amide bonds. The molecule has 0 aromatic heterocycles. The van der Waals surface area contributed by atoms with Crippen LogP contribution in [0.3, 0.4) is 0 Å². The Bertz CT molecular complexity index is 386. The Morgan fingerprint density at radius 3 is 2.55 bits per heavy atom. The van der Waals surface area contributed by atoms with Crippen LogP contribution in [0.15, 0.2) is 12.2 Å². The van der Waals surface area contributed by atoms with Gasteiger partial charge in [-0.15, -0.1) is 0 Å². The number of ether oxygens (including phenoxy) is 2. The molecule has 0 saturated carbocycles. The number of hydrogen-bond donors (Lipinski definition) is 2. The predicted molar refractivity (Wildman–Crippen MR) is 73.0 cm³/mol. The average Bonchev–Trinajstić information content (AvgIpc) is 2.29. The van der Waals surface area contributed by atoms with Gasteiger partial charge in [-0.1, -0.05) is 12.2 Å². The minimum atomic E-state index is -0.707. The lowest BCUT2D eigenvalue weighted by atomic mass is 9.88. The smallest absolute Gasteiger partial charge is 0.408 e. The van der Waals surface area contributed by atoms with E-state index in [2.05, 4.69) is 5.32 Å². The van der Waals surface area contributed by atoms with Gasteiger partial charge >= 0.3 is 12.1 Å². The van der Waals surface area contributed by atoms with Gasteiger partial charge in [-0.25, -0.2) is 4.79 Å². The molecule has 0 bridgehead atoms. The average molecular weight is 285 g/mol. The lowest BCUT2D eigenvalue weighted by molar-refractivity contribution is -0.149. The number of nitrogens with one attached hydrogen (secondary N) is 1. The SMILES string of the molecule is CCOC(=O)[C@H]1C[C@H](O)C=C[C@@H]1NC(=O)OC(C)(C)C. The van der Waals surface area contributed by atoms with Gasteiger partial charge in [0.1, 0.15) is 5.60 Å². The van der Waals surface area contributed by atoms with Crippen molar-refractivity contribution in [2.24, 2.45) is 5.92 Å². The number of carbonyl (C=O) groups is 2. The molecule has 6 nitrogen and oxygen atoms in total. The molecule has 0 spiro atoms. The van der Waals surface area contributed by atoms with Crippen LogP contribution in [0.2, 0.25) is 0 Å². The number of amides is 1. The summed E-state index contributed by atoms with van der Waals surface area (Å²) in [7, 11) is 0. The Balaban J connectivity index is 2.71. The summed E-state index contributed by atoms with van der Waals surface area (Å²) in [6, 6.07) is -0.535. The van der Waals surface area contributed by atoms with Crippen molar-refractivity contribution in [3.05, 3.63) is 12.2 Å². The van der Waals surface area contributed by atoms with Crippen molar-refractivity contribution in [1.29, 1.82) is 0 Å². The maximum absolute atomic E-state index is 11.9. The van der Waals surface area contributed by atoms with Crippen molar-refractivity contribution in [2.75, 3.05) is 6.61 Å². The van der Waals surface area contributed by atoms with E-state index in [0.717, 1.165) is 0 Å². The van der Waals surface area contributed by atoms with E-state index in [-0.39, 0.29) is 13.0 Å². The Morgan fingerprint density at radius 1 is 1.35 bits per heavy atom. The van der Waals surface area contributed by atoms with Crippen molar-refractivity contribution < 1.29 is 24.2 Å². The van der Waals surface area contributed by atoms with E-state index >= 15 is 0 Å². The first-order chi connectivity index (χ1) is 9.23. The van der Waals surface area contributed by atoms with Gasteiger partial charge in [0, 0.05) is 0 Å². The van der Waals surface area contributed by atoms with E-state index in [1.54, 1.807) is 39.8 Å². The molecule has 0 saturated heterocycles. The van der Waals surface area contributed by atoms with Gasteiger partial charge in [0.2, 0.25) is 0 Å². The highest BCUT2D eigenvalue weighted by Crippen LogP contribution is 2.21. The van der Waals surface area contributed by atoms with Crippen molar-refractivity contribution in [3.63, 3.8) is 0 Å². The van der Waals surface area contributed by atoms with Crippen molar-refractivity contribution in [3.8, 4) is 0 Å². The first-order valence-electron chi connectivity index (χ1n) is 6.75. The molecule has 114 valence electrons. The topological polar surface area (TPSA) is 84.9 Å². The highest BCUT2D eigenvalue weighted by Gasteiger charge is 2.34. The molecule has 1 aliphatic carbocycles. The van der Waals surface area contributed by atoms with Gasteiger partial charge in [0.15, 0.2) is 0 Å². The number of rotatable bonds is 3. The summed E-state index contributed by atoms with van der Waals surface area (Å²) in [5.74, 6) is -1.04. The lowest BCUT2D eigenvalue weighted by Gasteiger charge is -2.29. The molecule has 0 unspecified atom stereocenters. The Kier molecular flexibility index (Phi) is 5.56. The van der Waals surface area contributed by atoms with E-state index in [4.69, 9.17) is 9.47 Å². The maximum atomic E-state index is 11.9. The van der Waals surface area contributed by atoms with E-state index in [0.29, 0.717) is 0 Å². The fourth-order valence-corrected chi connectivity index (χ4v) is 1.95. The number of carbonyl (C=O) groups excluding carboxylic acids is 2. The van der Waals surface area contributed by atoms with Crippen molar-refractivity contribution >= 4 is 12.1 Å². The molecule has 0 heterocycles. The zero-order valence-corrected chi connectivity index (χ0v) is 12.4. The molecule has 3 atom stereocenters. The van der Waals surface area contributed by atoms with Gasteiger partial charge in [-0.05, 0) is 34.1 Å². The highest BCUT2D eigenvalue weighted by molar-refractivity contribution is 5.76. The van der Waals surface area contributed by atoms with Gasteiger partial charge in [-0.2, -0.15) is 0 Å². The molecule has 6 heteroatoms. The third kappa shape index (κ3) is 5.21. The second-order valence-electron chi connectivity index (χ2n) is 5.72. The maximum Gasteiger partial charge on any atom is 0.408 e. The molecule has 0 aromatic rings. The molecule has 1 aliphatic rings. The summed E-state index contributed by atoms with van der Waals surface area (Å²) in [6.07, 6.45) is 2.06. The molecular formula is C14H23NO5. The van der Waals surface area contributed by atoms with Crippen molar-refractivity contribution in [2.45, 2.75) is 51.9 Å². The second-order valence-corrected chi connectivity index (χ2v) is 5.72. The van der Waals surface area contributed by atoms with Crippen LogP contribution in [0.5, 0.6) is 0 Å². The van der Waals surface area contributed by atoms with Crippen LogP contribution < -0.4 is 5.32 Å². The van der Waals surface area contributed by atoms with Crippen LogP contribution in [-0.2, 0) is 14.3 Å². The third-order valence-electron chi connectivity index (χ3n) is 2.74. The van der Waals surface area contributed by atoms with E-state index < -0.39 is 35.7 Å². The predicted octanol–water partition coefficient (Wildman–Crippen LogP) is 1.38. The standard InChI is InChI=1S/C14H23NO5/c1-5-19-12(17)10-8-9(16)6-7-11(10)15-13(18)20-14(2,3)4/h6-7,9-11,16H,5,8H2,1-4H3,(H,15,18)/t9-,10+,11+/m1/s1. The number of esters is 1. The quantitative estimate of drug-likeness (QED) is 0.604. The first kappa shape index (κ1) is 16.5. The third-order valence-corrected chi connectivity index (χ3v) is 2.74. The summed E-state index contributed by atoms with van der Waals surface area (Å²) in [4.78, 5) is 23.6. The van der Waals surface area contributed by atoms with Gasteiger partial charge in [-0.3, -0.25) is 4.79 Å². The van der Waals surface area contributed by atoms with Crippen LogP contribution in [0.4, 0.5) is 4.79 Å². The fraction of sp³-hybridized carbons (Fsp3) is 0.714. The number of aliphatic hydroxyl groups excluding tert-OH is 1. The Labute approximate surface area is 119 Å². The molecule has 20 heavy (non-hydrogen) atoms. The minimum Gasteiger partial charge on any atom is -0.466 e. The van der Waals surface area contributed by atoms with E-state index in [9.17, 15) is 14.7 Å². The summed E-state index contributed by atoms with van der Waals surface area (Å²) in [5, 5.41) is 12.2. The number of alkyl carbamates (subject to hydrolysis) is 1. The Hall–Kier alpha value is -1.56. The zero-order valence-electron chi connectivity index (χ0n) is 12.4. The molecule has 2 N–H and O–H groups in total. The minimum absolute atomic E-state index is 0.218. The van der Waals surface area contributed by atoms with E-state index in [1.807, 2.05) is 0 Å². The lowest BCUT2D eigenvalue weighted by Crippen LogP contribution is -2.47. The van der Waals surface area contributed by atoms with Crippen LogP contribution >= 0.6 is 0 Å². The normalized spacial score (nSPS) is 25.9. The number of hydrogen-bond acceptors (Lipinski definition) is 5. The molecule has 0 fully saturated rings. The van der Waals surface area contributed by atoms with E-state index in [1.165, 1.54) is 0 Å². The molecule has 0 radical (unpaired) electrons. The summed E-state index contributed by atoms with van der Waals surface area (Å²) < 4.78 is 10.1. The molecule has 1 rings (SSSR count). The largest absolute Gasteiger partial charge is 0.466 e. The number of aliphatic hydroxyl groups is 1. The monoisotopic (exact) mass is 285 g/mol. The molecular weight excluding hydrogens is 262 g/mol. The Morgan fingerprint density at radius 2 is 2.00 bits per heavy atom. The van der Waals surface area contributed by atoms with Gasteiger partial charge in [0.25, 0.3) is 0 Å². The fourth-order valence-electron chi connectivity index (χ4n) is 1.95. The summed E-state index contributed by atoms with van der Waals surface area (Å²) in [6.45, 7) is 7.25. The van der Waals surface area contributed by atoms with Crippen LogP contribution in [0, 0.1) is 5.92 Å². The summed E-state index contributed by atoms with van der Waals surface area (Å²) in [5.41, 5.74) is -0.610. The van der Waals surface area contributed by atoms with Gasteiger partial charge < -0.3 is 19.9 Å². The van der Waals surface area contributed by atoms with Crippen LogP contribution in [0.1, 0.15) is 34.1 Å². The second kappa shape index (κ2) is 6.74. The summed E-state index contributed by atoms with van der Waals surface area (Å²) >= 11 is 0.